The summed E-state index contributed by atoms with van der Waals surface area (Å²) in [6.07, 6.45) is 0.891. The Hall–Kier alpha value is -2.56. The summed E-state index contributed by atoms with van der Waals surface area (Å²) in [4.78, 5) is 13.9. The van der Waals surface area contributed by atoms with Crippen LogP contribution in [0.15, 0.2) is 42.5 Å². The molecule has 0 unspecified atom stereocenters. The van der Waals surface area contributed by atoms with E-state index in [2.05, 4.69) is 0 Å². The van der Waals surface area contributed by atoms with Gasteiger partial charge in [-0.2, -0.15) is 0 Å². The number of amides is 1. The highest BCUT2D eigenvalue weighted by Gasteiger charge is 2.12. The second-order valence-corrected chi connectivity index (χ2v) is 5.56. The van der Waals surface area contributed by atoms with E-state index in [0.717, 1.165) is 22.6 Å². The Morgan fingerprint density at radius 2 is 1.92 bits per heavy atom. The largest absolute Gasteiger partial charge is 0.497 e. The van der Waals surface area contributed by atoms with Crippen molar-refractivity contribution < 1.29 is 18.7 Å². The Labute approximate surface area is 141 Å². The highest BCUT2D eigenvalue weighted by molar-refractivity contribution is 5.76. The summed E-state index contributed by atoms with van der Waals surface area (Å²) < 4.78 is 23.8. The number of methoxy groups -OCH3 is 2. The number of hydrogen-bond acceptors (Lipinski definition) is 3. The first-order valence-electron chi connectivity index (χ1n) is 7.72. The predicted octanol–water partition coefficient (Wildman–Crippen LogP) is 3.43. The van der Waals surface area contributed by atoms with E-state index in [-0.39, 0.29) is 11.7 Å². The molecule has 128 valence electrons. The van der Waals surface area contributed by atoms with Crippen LogP contribution in [0.1, 0.15) is 17.5 Å². The van der Waals surface area contributed by atoms with Gasteiger partial charge in [-0.25, -0.2) is 4.39 Å². The van der Waals surface area contributed by atoms with Gasteiger partial charge in [0.2, 0.25) is 5.91 Å². The van der Waals surface area contributed by atoms with Crippen molar-refractivity contribution in [2.24, 2.45) is 0 Å². The van der Waals surface area contributed by atoms with Crippen molar-refractivity contribution in [3.63, 3.8) is 0 Å². The molecule has 0 saturated heterocycles. The van der Waals surface area contributed by atoms with Crippen molar-refractivity contribution in [3.05, 3.63) is 59.4 Å². The van der Waals surface area contributed by atoms with Crippen molar-refractivity contribution in [3.8, 4) is 11.5 Å². The maximum atomic E-state index is 13.2. The average molecular weight is 331 g/mol. The number of ether oxygens (including phenoxy) is 2. The molecule has 1 amide bonds. The van der Waals surface area contributed by atoms with Gasteiger partial charge in [-0.3, -0.25) is 4.79 Å². The van der Waals surface area contributed by atoms with Crippen LogP contribution in [0.25, 0.3) is 0 Å². The summed E-state index contributed by atoms with van der Waals surface area (Å²) in [5, 5.41) is 0. The molecular formula is C19H22FNO3. The maximum absolute atomic E-state index is 13.2. The number of nitrogens with zero attached hydrogens (tertiary/aromatic N) is 1. The van der Waals surface area contributed by atoms with Gasteiger partial charge in [0.05, 0.1) is 14.2 Å². The number of hydrogen-bond donors (Lipinski definition) is 0. The van der Waals surface area contributed by atoms with Crippen LogP contribution in [0, 0.1) is 5.82 Å². The van der Waals surface area contributed by atoms with Gasteiger partial charge in [-0.15, -0.1) is 0 Å². The Morgan fingerprint density at radius 3 is 2.58 bits per heavy atom. The molecule has 0 saturated carbocycles. The van der Waals surface area contributed by atoms with Crippen LogP contribution < -0.4 is 9.47 Å². The van der Waals surface area contributed by atoms with Crippen LogP contribution >= 0.6 is 0 Å². The quantitative estimate of drug-likeness (QED) is 0.780. The summed E-state index contributed by atoms with van der Waals surface area (Å²) in [6, 6.07) is 11.8. The van der Waals surface area contributed by atoms with Crippen molar-refractivity contribution in [2.45, 2.75) is 19.4 Å². The molecule has 0 atom stereocenters. The molecule has 0 N–H and O–H groups in total. The third-order valence-electron chi connectivity index (χ3n) is 3.83. The SMILES string of the molecule is COc1ccc(OC)c(CCC(=O)N(C)Cc2cccc(F)c2)c1. The fraction of sp³-hybridized carbons (Fsp3) is 0.316. The summed E-state index contributed by atoms with van der Waals surface area (Å²) in [7, 11) is 4.92. The zero-order valence-corrected chi connectivity index (χ0v) is 14.2. The third-order valence-corrected chi connectivity index (χ3v) is 3.83. The first-order valence-corrected chi connectivity index (χ1v) is 7.72. The minimum Gasteiger partial charge on any atom is -0.497 e. The summed E-state index contributed by atoms with van der Waals surface area (Å²) in [5.74, 6) is 1.15. The molecule has 0 aromatic heterocycles. The standard InChI is InChI=1S/C19H22FNO3/c1-21(13-14-5-4-6-16(20)11-14)19(22)10-7-15-12-17(23-2)8-9-18(15)24-3/h4-6,8-9,11-12H,7,10,13H2,1-3H3. The Morgan fingerprint density at radius 1 is 1.12 bits per heavy atom. The lowest BCUT2D eigenvalue weighted by molar-refractivity contribution is -0.130. The lowest BCUT2D eigenvalue weighted by Gasteiger charge is -2.18. The zero-order chi connectivity index (χ0) is 17.5. The Kier molecular flexibility index (Phi) is 6.18. The third kappa shape index (κ3) is 4.72. The minimum absolute atomic E-state index is 0.0101. The molecule has 24 heavy (non-hydrogen) atoms. The van der Waals surface area contributed by atoms with Crippen LogP contribution in [-0.4, -0.2) is 32.1 Å². The van der Waals surface area contributed by atoms with Gasteiger partial charge >= 0.3 is 0 Å². The molecular weight excluding hydrogens is 309 g/mol. The summed E-state index contributed by atoms with van der Waals surface area (Å²) in [5.41, 5.74) is 1.69. The molecule has 0 fully saturated rings. The van der Waals surface area contributed by atoms with Crippen molar-refractivity contribution >= 4 is 5.91 Å². The van der Waals surface area contributed by atoms with E-state index >= 15 is 0 Å². The first kappa shape index (κ1) is 17.8. The molecule has 0 bridgehead atoms. The molecule has 0 aliphatic heterocycles. The normalized spacial score (nSPS) is 10.3. The Balaban J connectivity index is 1.97. The van der Waals surface area contributed by atoms with Gasteiger partial charge in [-0.05, 0) is 47.9 Å². The van der Waals surface area contributed by atoms with Gasteiger partial charge in [0.15, 0.2) is 0 Å². The molecule has 0 heterocycles. The van der Waals surface area contributed by atoms with E-state index in [1.54, 1.807) is 38.3 Å². The van der Waals surface area contributed by atoms with Crippen LogP contribution in [0.5, 0.6) is 11.5 Å². The molecule has 4 nitrogen and oxygen atoms in total. The maximum Gasteiger partial charge on any atom is 0.222 e. The van der Waals surface area contributed by atoms with E-state index in [1.807, 2.05) is 18.2 Å². The number of benzene rings is 2. The topological polar surface area (TPSA) is 38.8 Å². The fourth-order valence-electron chi connectivity index (χ4n) is 2.51. The van der Waals surface area contributed by atoms with Gasteiger partial charge in [0.25, 0.3) is 0 Å². The number of halogens is 1. The predicted molar refractivity (Wildman–Crippen MR) is 90.7 cm³/mol. The van der Waals surface area contributed by atoms with Crippen LogP contribution in [0.2, 0.25) is 0 Å². The fourth-order valence-corrected chi connectivity index (χ4v) is 2.51. The van der Waals surface area contributed by atoms with E-state index in [0.29, 0.717) is 19.4 Å². The molecule has 0 aliphatic carbocycles. The second-order valence-electron chi connectivity index (χ2n) is 5.56. The lowest BCUT2D eigenvalue weighted by atomic mass is 10.1. The number of rotatable bonds is 7. The van der Waals surface area contributed by atoms with Crippen LogP contribution in [0.3, 0.4) is 0 Å². The van der Waals surface area contributed by atoms with Gasteiger partial charge in [0, 0.05) is 20.0 Å². The molecule has 0 aliphatic rings. The summed E-state index contributed by atoms with van der Waals surface area (Å²) >= 11 is 0. The first-order chi connectivity index (χ1) is 11.5. The smallest absolute Gasteiger partial charge is 0.222 e. The zero-order valence-electron chi connectivity index (χ0n) is 14.2. The highest BCUT2D eigenvalue weighted by Crippen LogP contribution is 2.25. The van der Waals surface area contributed by atoms with E-state index in [1.165, 1.54) is 12.1 Å². The van der Waals surface area contributed by atoms with E-state index in [9.17, 15) is 9.18 Å². The monoisotopic (exact) mass is 331 g/mol. The summed E-state index contributed by atoms with van der Waals surface area (Å²) in [6.45, 7) is 0.381. The Bertz CT molecular complexity index is 703. The highest BCUT2D eigenvalue weighted by atomic mass is 19.1. The number of carbonyl (C=O) groups excluding carboxylic acids is 1. The molecule has 0 radical (unpaired) electrons. The van der Waals surface area contributed by atoms with Crippen LogP contribution in [-0.2, 0) is 17.8 Å². The molecule has 2 aromatic rings. The number of aryl methyl sites for hydroxylation is 1. The van der Waals surface area contributed by atoms with Crippen LogP contribution in [0.4, 0.5) is 4.39 Å². The molecule has 5 heteroatoms. The lowest BCUT2D eigenvalue weighted by Crippen LogP contribution is -2.26. The van der Waals surface area contributed by atoms with Gasteiger partial charge in [-0.1, -0.05) is 12.1 Å². The van der Waals surface area contributed by atoms with E-state index in [4.69, 9.17) is 9.47 Å². The molecule has 2 rings (SSSR count). The molecule has 2 aromatic carbocycles. The number of carbonyl (C=O) groups is 1. The van der Waals surface area contributed by atoms with Gasteiger partial charge < -0.3 is 14.4 Å². The van der Waals surface area contributed by atoms with E-state index < -0.39 is 0 Å². The van der Waals surface area contributed by atoms with Crippen molar-refractivity contribution in [1.82, 2.24) is 4.90 Å². The van der Waals surface area contributed by atoms with Crippen molar-refractivity contribution in [2.75, 3.05) is 21.3 Å². The second kappa shape index (κ2) is 8.34. The van der Waals surface area contributed by atoms with Gasteiger partial charge in [0.1, 0.15) is 17.3 Å². The average Bonchev–Trinajstić information content (AvgIpc) is 2.59. The van der Waals surface area contributed by atoms with Crippen molar-refractivity contribution in [1.29, 1.82) is 0 Å². The minimum atomic E-state index is -0.297. The molecule has 0 spiro atoms.